The fraction of sp³-hybridized carbons (Fsp3) is 0.545. The lowest BCUT2D eigenvalue weighted by Gasteiger charge is -2.07. The molecule has 2 heterocycles. The van der Waals surface area contributed by atoms with E-state index >= 15 is 0 Å². The van der Waals surface area contributed by atoms with E-state index in [0.717, 1.165) is 19.7 Å². The molecule has 0 unspecified atom stereocenters. The highest BCUT2D eigenvalue weighted by molar-refractivity contribution is 5.07. The molecule has 2 N–H and O–H groups in total. The summed E-state index contributed by atoms with van der Waals surface area (Å²) in [5.74, 6) is 0. The van der Waals surface area contributed by atoms with Gasteiger partial charge in [0.25, 0.3) is 0 Å². The lowest BCUT2D eigenvalue weighted by molar-refractivity contribution is -0.676. The number of nitrogens with zero attached hydrogens (tertiary/aromatic N) is 1. The van der Waals surface area contributed by atoms with Gasteiger partial charge in [0.1, 0.15) is 19.2 Å². The number of quaternary nitrogens is 1. The molecule has 0 spiro atoms. The summed E-state index contributed by atoms with van der Waals surface area (Å²) in [4.78, 5) is 3.99. The number of hydrogen-bond donors (Lipinski definition) is 1. The molecular formula is C11H17N2O+. The van der Waals surface area contributed by atoms with Crippen molar-refractivity contribution in [2.24, 2.45) is 0 Å². The van der Waals surface area contributed by atoms with Crippen LogP contribution in [0.25, 0.3) is 0 Å². The molecule has 0 amide bonds. The lowest BCUT2D eigenvalue weighted by atomic mass is 10.2. The maximum absolute atomic E-state index is 5.55. The Hall–Kier alpha value is -0.930. The van der Waals surface area contributed by atoms with Gasteiger partial charge in [-0.05, 0) is 25.0 Å². The quantitative estimate of drug-likeness (QED) is 0.748. The summed E-state index contributed by atoms with van der Waals surface area (Å²) in [7, 11) is 0. The largest absolute Gasteiger partial charge is 0.372 e. The molecule has 2 rings (SSSR count). The van der Waals surface area contributed by atoms with Gasteiger partial charge in [-0.2, -0.15) is 0 Å². The van der Waals surface area contributed by atoms with Gasteiger partial charge in [0, 0.05) is 24.6 Å². The maximum Gasteiger partial charge on any atom is 0.106 e. The Bertz CT molecular complexity index is 257. The number of ether oxygens (including phenoxy) is 1. The number of pyridine rings is 1. The van der Waals surface area contributed by atoms with Crippen molar-refractivity contribution in [3.63, 3.8) is 0 Å². The van der Waals surface area contributed by atoms with Gasteiger partial charge in [-0.25, -0.2) is 0 Å². The van der Waals surface area contributed by atoms with E-state index < -0.39 is 0 Å². The van der Waals surface area contributed by atoms with Gasteiger partial charge in [0.05, 0.1) is 0 Å². The molecule has 76 valence electrons. The van der Waals surface area contributed by atoms with Crippen LogP contribution in [0.2, 0.25) is 0 Å². The van der Waals surface area contributed by atoms with Gasteiger partial charge in [-0.3, -0.25) is 4.98 Å². The molecule has 1 aliphatic rings. The summed E-state index contributed by atoms with van der Waals surface area (Å²) >= 11 is 0. The van der Waals surface area contributed by atoms with Crippen molar-refractivity contribution >= 4 is 0 Å². The minimum Gasteiger partial charge on any atom is -0.372 e. The first kappa shape index (κ1) is 9.62. The van der Waals surface area contributed by atoms with E-state index in [1.807, 2.05) is 12.4 Å². The Morgan fingerprint density at radius 1 is 1.43 bits per heavy atom. The van der Waals surface area contributed by atoms with E-state index in [1.54, 1.807) is 0 Å². The van der Waals surface area contributed by atoms with Gasteiger partial charge < -0.3 is 10.1 Å². The third-order valence-electron chi connectivity index (χ3n) is 2.58. The number of nitrogens with two attached hydrogens (primary N) is 1. The second-order valence-electron chi connectivity index (χ2n) is 3.72. The first-order chi connectivity index (χ1) is 6.95. The molecule has 0 aliphatic carbocycles. The summed E-state index contributed by atoms with van der Waals surface area (Å²) in [5.41, 5.74) is 1.33. The van der Waals surface area contributed by atoms with Gasteiger partial charge in [-0.15, -0.1) is 0 Å². The van der Waals surface area contributed by atoms with Crippen LogP contribution in [0.5, 0.6) is 0 Å². The molecule has 3 heteroatoms. The fourth-order valence-corrected chi connectivity index (χ4v) is 1.78. The zero-order chi connectivity index (χ0) is 9.64. The van der Waals surface area contributed by atoms with E-state index in [1.165, 1.54) is 18.4 Å². The Balaban J connectivity index is 1.67. The Morgan fingerprint density at radius 2 is 2.29 bits per heavy atom. The summed E-state index contributed by atoms with van der Waals surface area (Å²) in [6.45, 7) is 3.07. The highest BCUT2D eigenvalue weighted by Gasteiger charge is 2.16. The topological polar surface area (TPSA) is 38.7 Å². The minimum absolute atomic E-state index is 0.483. The second kappa shape index (κ2) is 5.08. The van der Waals surface area contributed by atoms with Crippen molar-refractivity contribution in [2.45, 2.75) is 25.5 Å². The van der Waals surface area contributed by atoms with Crippen molar-refractivity contribution in [3.05, 3.63) is 30.1 Å². The predicted octanol–water partition coefficient (Wildman–Crippen LogP) is 0.324. The van der Waals surface area contributed by atoms with Crippen molar-refractivity contribution in [1.82, 2.24) is 4.98 Å². The van der Waals surface area contributed by atoms with Gasteiger partial charge in [0.2, 0.25) is 0 Å². The van der Waals surface area contributed by atoms with E-state index in [0.29, 0.717) is 6.10 Å². The molecular weight excluding hydrogens is 176 g/mol. The molecule has 0 bridgehead atoms. The van der Waals surface area contributed by atoms with Crippen LogP contribution in [0.4, 0.5) is 0 Å². The molecule has 0 radical (unpaired) electrons. The van der Waals surface area contributed by atoms with Crippen molar-refractivity contribution in [1.29, 1.82) is 0 Å². The van der Waals surface area contributed by atoms with Crippen LogP contribution in [0.15, 0.2) is 24.5 Å². The third kappa shape index (κ3) is 2.79. The monoisotopic (exact) mass is 193 g/mol. The van der Waals surface area contributed by atoms with Crippen molar-refractivity contribution < 1.29 is 10.1 Å². The molecule has 1 atom stereocenters. The smallest absolute Gasteiger partial charge is 0.106 e. The summed E-state index contributed by atoms with van der Waals surface area (Å²) in [5, 5.41) is 2.31. The number of rotatable bonds is 4. The van der Waals surface area contributed by atoms with Crippen LogP contribution >= 0.6 is 0 Å². The zero-order valence-electron chi connectivity index (χ0n) is 8.36. The molecule has 1 saturated heterocycles. The molecule has 1 aromatic heterocycles. The summed E-state index contributed by atoms with van der Waals surface area (Å²) in [6.07, 6.45) is 6.63. The molecule has 0 saturated carbocycles. The van der Waals surface area contributed by atoms with Crippen LogP contribution in [-0.4, -0.2) is 24.2 Å². The van der Waals surface area contributed by atoms with Crippen molar-refractivity contribution in [2.75, 3.05) is 13.2 Å². The molecule has 1 fully saturated rings. The average molecular weight is 193 g/mol. The fourth-order valence-electron chi connectivity index (χ4n) is 1.78. The second-order valence-corrected chi connectivity index (χ2v) is 3.72. The molecule has 0 aromatic carbocycles. The minimum atomic E-state index is 0.483. The first-order valence-electron chi connectivity index (χ1n) is 5.27. The Kier molecular flexibility index (Phi) is 3.49. The van der Waals surface area contributed by atoms with Crippen LogP contribution in [0, 0.1) is 0 Å². The van der Waals surface area contributed by atoms with Crippen molar-refractivity contribution in [3.8, 4) is 0 Å². The predicted molar refractivity (Wildman–Crippen MR) is 53.7 cm³/mol. The third-order valence-corrected chi connectivity index (χ3v) is 2.58. The average Bonchev–Trinajstić information content (AvgIpc) is 2.72. The normalized spacial score (nSPS) is 21.3. The van der Waals surface area contributed by atoms with E-state index in [9.17, 15) is 0 Å². The Morgan fingerprint density at radius 3 is 3.00 bits per heavy atom. The van der Waals surface area contributed by atoms with Gasteiger partial charge in [-0.1, -0.05) is 0 Å². The zero-order valence-corrected chi connectivity index (χ0v) is 8.36. The van der Waals surface area contributed by atoms with E-state index in [4.69, 9.17) is 4.74 Å². The van der Waals surface area contributed by atoms with E-state index in [2.05, 4.69) is 22.4 Å². The highest BCUT2D eigenvalue weighted by Crippen LogP contribution is 2.09. The first-order valence-corrected chi connectivity index (χ1v) is 5.27. The molecule has 1 aliphatic heterocycles. The maximum atomic E-state index is 5.55. The van der Waals surface area contributed by atoms with Crippen LogP contribution in [-0.2, 0) is 11.3 Å². The Labute approximate surface area is 84.5 Å². The number of hydrogen-bond acceptors (Lipinski definition) is 2. The summed E-state index contributed by atoms with van der Waals surface area (Å²) < 4.78 is 5.55. The van der Waals surface area contributed by atoms with Gasteiger partial charge in [0.15, 0.2) is 0 Å². The molecule has 1 aromatic rings. The lowest BCUT2D eigenvalue weighted by Crippen LogP contribution is -2.84. The standard InChI is InChI=1S/C11H16N2O/c1-2-11(14-7-1)9-13-8-10-3-5-12-6-4-10/h3-6,11,13H,1-2,7-9H2/p+1/t11-/m0/s1. The molecule has 3 nitrogen and oxygen atoms in total. The van der Waals surface area contributed by atoms with Crippen LogP contribution < -0.4 is 5.32 Å². The van der Waals surface area contributed by atoms with Gasteiger partial charge >= 0.3 is 0 Å². The van der Waals surface area contributed by atoms with Crippen LogP contribution in [0.3, 0.4) is 0 Å². The summed E-state index contributed by atoms with van der Waals surface area (Å²) in [6, 6.07) is 4.12. The van der Waals surface area contributed by atoms with Crippen LogP contribution in [0.1, 0.15) is 18.4 Å². The highest BCUT2D eigenvalue weighted by atomic mass is 16.5. The SMILES string of the molecule is c1cc(C[NH2+]C[C@@H]2CCCO2)ccn1. The molecule has 14 heavy (non-hydrogen) atoms. The number of aromatic nitrogens is 1. The van der Waals surface area contributed by atoms with E-state index in [-0.39, 0.29) is 0 Å².